The summed E-state index contributed by atoms with van der Waals surface area (Å²) in [7, 11) is 0. The molecule has 0 saturated carbocycles. The fourth-order valence-electron chi connectivity index (χ4n) is 1.27. The molecule has 0 spiro atoms. The van der Waals surface area contributed by atoms with E-state index in [2.05, 4.69) is 16.0 Å². The Kier molecular flexibility index (Phi) is 11.2. The molecule has 3 amide bonds. The summed E-state index contributed by atoms with van der Waals surface area (Å²) >= 11 is 1.65. The summed E-state index contributed by atoms with van der Waals surface area (Å²) in [6, 6.07) is 0. The number of ketones is 1. The molecule has 8 heteroatoms. The van der Waals surface area contributed by atoms with Gasteiger partial charge in [0.05, 0.1) is 19.6 Å². The molecule has 0 heterocycles. The van der Waals surface area contributed by atoms with E-state index < -0.39 is 11.8 Å². The summed E-state index contributed by atoms with van der Waals surface area (Å²) in [6.07, 6.45) is 0.365. The van der Waals surface area contributed by atoms with Crippen LogP contribution < -0.4 is 16.0 Å². The number of amides is 3. The van der Waals surface area contributed by atoms with Crippen LogP contribution in [-0.4, -0.2) is 54.6 Å². The molecule has 0 rings (SSSR count). The van der Waals surface area contributed by atoms with Gasteiger partial charge in [0.15, 0.2) is 5.78 Å². The van der Waals surface area contributed by atoms with Crippen molar-refractivity contribution in [1.82, 2.24) is 16.0 Å². The van der Waals surface area contributed by atoms with Crippen LogP contribution in [0.15, 0.2) is 0 Å². The van der Waals surface area contributed by atoms with Gasteiger partial charge in [0.25, 0.3) is 0 Å². The predicted octanol–water partition coefficient (Wildman–Crippen LogP) is 0.441. The van der Waals surface area contributed by atoms with Crippen molar-refractivity contribution in [3.05, 3.63) is 0 Å². The van der Waals surface area contributed by atoms with Crippen LogP contribution in [-0.2, 0) is 19.2 Å². The van der Waals surface area contributed by atoms with E-state index in [4.69, 9.17) is 0 Å². The highest BCUT2D eigenvalue weighted by Gasteiger charge is 2.10. The molecular weight excluding hydrogens is 306 g/mol. The van der Waals surface area contributed by atoms with Crippen molar-refractivity contribution in [1.29, 1.82) is 0 Å². The highest BCUT2D eigenvalue weighted by Crippen LogP contribution is 1.99. The zero-order valence-electron chi connectivity index (χ0n) is 13.4. The molecule has 132 valence electrons. The molecular formula is C14H31N3O4S. The molecule has 7 nitrogen and oxygen atoms in total. The van der Waals surface area contributed by atoms with E-state index in [1.165, 1.54) is 0 Å². The molecule has 3 N–H and O–H groups in total. The van der Waals surface area contributed by atoms with Crippen molar-refractivity contribution in [2.75, 3.05) is 31.1 Å². The van der Waals surface area contributed by atoms with E-state index in [-0.39, 0.29) is 41.5 Å². The highest BCUT2D eigenvalue weighted by atomic mass is 32.2. The van der Waals surface area contributed by atoms with Crippen molar-refractivity contribution >= 4 is 35.3 Å². The first-order valence-electron chi connectivity index (χ1n) is 7.27. The minimum Gasteiger partial charge on any atom is -0.347 e. The third kappa shape index (κ3) is 11.1. The van der Waals surface area contributed by atoms with Gasteiger partial charge in [-0.25, -0.2) is 0 Å². The molecule has 0 aliphatic carbocycles. The third-order valence-corrected chi connectivity index (χ3v) is 3.57. The summed E-state index contributed by atoms with van der Waals surface area (Å²) in [6.45, 7) is 5.09. The number of Topliss-reactive ketones (excluding diaryl/α,β-unsaturated/α-hetero) is 1. The standard InChI is InChI=1S/C14H25N3O4S.3H2/c1-4-22-6-5-12(19)16-8-14(21)17-9-13(20)15-7-11(18)10(2)3;;;/h10H,4-9H2,1-3H3,(H,15,20)(H,16,19)(H,17,21);3*1H. The molecule has 0 aromatic heterocycles. The Bertz CT molecular complexity index is 413. The van der Waals surface area contributed by atoms with E-state index in [9.17, 15) is 19.2 Å². The minimum absolute atomic E-state index is 0. The van der Waals surface area contributed by atoms with Crippen LogP contribution in [0.3, 0.4) is 0 Å². The minimum atomic E-state index is -0.443. The van der Waals surface area contributed by atoms with Crippen LogP contribution in [0.1, 0.15) is 31.5 Å². The summed E-state index contributed by atoms with van der Waals surface area (Å²) in [5, 5.41) is 7.28. The van der Waals surface area contributed by atoms with Crippen LogP contribution >= 0.6 is 11.8 Å². The van der Waals surface area contributed by atoms with Gasteiger partial charge in [0.2, 0.25) is 17.7 Å². The molecule has 0 aromatic carbocycles. The molecule has 0 aliphatic heterocycles. The number of rotatable bonds is 11. The maximum atomic E-state index is 11.5. The Hall–Kier alpha value is -1.57. The molecule has 0 aromatic rings. The Balaban J connectivity index is -0.000000735. The van der Waals surface area contributed by atoms with Gasteiger partial charge < -0.3 is 16.0 Å². The van der Waals surface area contributed by atoms with E-state index in [1.54, 1.807) is 25.6 Å². The van der Waals surface area contributed by atoms with E-state index in [0.29, 0.717) is 6.42 Å². The lowest BCUT2D eigenvalue weighted by atomic mass is 10.1. The molecule has 0 aliphatic rings. The Labute approximate surface area is 139 Å². The SMILES string of the molecule is CCSCCC(=O)NCC(=O)NCC(=O)NCC(=O)C(C)C.[HH].[HH].[HH]. The van der Waals surface area contributed by atoms with Gasteiger partial charge >= 0.3 is 0 Å². The molecule has 0 saturated heterocycles. The first-order valence-corrected chi connectivity index (χ1v) is 8.42. The summed E-state index contributed by atoms with van der Waals surface area (Å²) < 4.78 is 0. The lowest BCUT2D eigenvalue weighted by Gasteiger charge is -2.08. The van der Waals surface area contributed by atoms with Gasteiger partial charge in [0, 0.05) is 22.4 Å². The fourth-order valence-corrected chi connectivity index (χ4v) is 1.89. The van der Waals surface area contributed by atoms with E-state index in [1.807, 2.05) is 6.92 Å². The second kappa shape index (κ2) is 12.0. The lowest BCUT2D eigenvalue weighted by molar-refractivity contribution is -0.128. The highest BCUT2D eigenvalue weighted by molar-refractivity contribution is 7.99. The van der Waals surface area contributed by atoms with Gasteiger partial charge in [-0.05, 0) is 5.75 Å². The van der Waals surface area contributed by atoms with Crippen LogP contribution in [0.2, 0.25) is 0 Å². The van der Waals surface area contributed by atoms with Gasteiger partial charge in [-0.3, -0.25) is 19.2 Å². The molecule has 0 unspecified atom stereocenters. The summed E-state index contributed by atoms with van der Waals surface area (Å²) in [4.78, 5) is 45.6. The largest absolute Gasteiger partial charge is 0.347 e. The smallest absolute Gasteiger partial charge is 0.239 e. The molecule has 0 bridgehead atoms. The van der Waals surface area contributed by atoms with E-state index in [0.717, 1.165) is 11.5 Å². The lowest BCUT2D eigenvalue weighted by Crippen LogP contribution is -2.43. The van der Waals surface area contributed by atoms with Crippen molar-refractivity contribution in [2.45, 2.75) is 27.2 Å². The van der Waals surface area contributed by atoms with Gasteiger partial charge in [-0.1, -0.05) is 20.8 Å². The number of nitrogens with one attached hydrogen (secondary N) is 3. The monoisotopic (exact) mass is 337 g/mol. The average molecular weight is 337 g/mol. The maximum Gasteiger partial charge on any atom is 0.239 e. The number of hydrogen-bond acceptors (Lipinski definition) is 5. The van der Waals surface area contributed by atoms with Crippen LogP contribution in [0, 0.1) is 5.92 Å². The fraction of sp³-hybridized carbons (Fsp3) is 0.714. The second-order valence-corrected chi connectivity index (χ2v) is 6.29. The Morgan fingerprint density at radius 3 is 1.91 bits per heavy atom. The molecule has 0 atom stereocenters. The second-order valence-electron chi connectivity index (χ2n) is 4.90. The van der Waals surface area contributed by atoms with Crippen molar-refractivity contribution in [3.8, 4) is 0 Å². The Morgan fingerprint density at radius 1 is 0.909 bits per heavy atom. The predicted molar refractivity (Wildman–Crippen MR) is 92.8 cm³/mol. The van der Waals surface area contributed by atoms with Gasteiger partial charge in [-0.2, -0.15) is 11.8 Å². The molecule has 0 radical (unpaired) electrons. The first-order chi connectivity index (χ1) is 10.4. The molecule has 22 heavy (non-hydrogen) atoms. The zero-order valence-corrected chi connectivity index (χ0v) is 14.2. The number of thioether (sulfide) groups is 1. The van der Waals surface area contributed by atoms with Crippen LogP contribution in [0.25, 0.3) is 0 Å². The summed E-state index contributed by atoms with van der Waals surface area (Å²) in [5.41, 5.74) is 0. The number of carbonyl (C=O) groups is 4. The zero-order chi connectivity index (χ0) is 17.0. The van der Waals surface area contributed by atoms with Gasteiger partial charge in [-0.15, -0.1) is 0 Å². The van der Waals surface area contributed by atoms with E-state index >= 15 is 0 Å². The summed E-state index contributed by atoms with van der Waals surface area (Å²) in [5.74, 6) is 0.379. The van der Waals surface area contributed by atoms with Crippen LogP contribution in [0.5, 0.6) is 0 Å². The number of hydrogen-bond donors (Lipinski definition) is 3. The Morgan fingerprint density at radius 2 is 1.41 bits per heavy atom. The average Bonchev–Trinajstić information content (AvgIpc) is 2.48. The maximum absolute atomic E-state index is 11.5. The third-order valence-electron chi connectivity index (χ3n) is 2.67. The van der Waals surface area contributed by atoms with Crippen molar-refractivity contribution < 1.29 is 23.5 Å². The molecule has 0 fully saturated rings. The quantitative estimate of drug-likeness (QED) is 0.475. The van der Waals surface area contributed by atoms with Crippen LogP contribution in [0.4, 0.5) is 0 Å². The topological polar surface area (TPSA) is 104 Å². The normalized spacial score (nSPS) is 10.2. The van der Waals surface area contributed by atoms with Crippen molar-refractivity contribution in [2.24, 2.45) is 5.92 Å². The number of carbonyl (C=O) groups excluding carboxylic acids is 4. The van der Waals surface area contributed by atoms with Crippen molar-refractivity contribution in [3.63, 3.8) is 0 Å². The van der Waals surface area contributed by atoms with Gasteiger partial charge in [0.1, 0.15) is 0 Å². The first kappa shape index (κ1) is 20.4.